The van der Waals surface area contributed by atoms with E-state index in [0.29, 0.717) is 0 Å². The molecule has 1 amide bonds. The zero-order valence-corrected chi connectivity index (χ0v) is 10.5. The van der Waals surface area contributed by atoms with E-state index in [1.54, 1.807) is 20.8 Å². The number of aliphatic hydroxyl groups excluding tert-OH is 1. The second kappa shape index (κ2) is 4.40. The molecule has 0 unspecified atom stereocenters. The molecular weight excluding hydrogens is 232 g/mol. The van der Waals surface area contributed by atoms with Gasteiger partial charge in [0.1, 0.15) is 11.7 Å². The quantitative estimate of drug-likeness (QED) is 0.715. The van der Waals surface area contributed by atoms with Crippen molar-refractivity contribution in [3.8, 4) is 0 Å². The number of amides is 1. The fourth-order valence-electron chi connectivity index (χ4n) is 1.74. The third-order valence-corrected chi connectivity index (χ3v) is 2.53. The van der Waals surface area contributed by atoms with Crippen LogP contribution in [0.3, 0.4) is 0 Å². The molecule has 0 bridgehead atoms. The minimum atomic E-state index is -3.28. The monoisotopic (exact) mass is 251 g/mol. The van der Waals surface area contributed by atoms with Gasteiger partial charge in [-0.15, -0.1) is 0 Å². The molecule has 1 rings (SSSR count). The van der Waals surface area contributed by atoms with Crippen molar-refractivity contribution in [1.82, 2.24) is 4.90 Å². The Morgan fingerprint density at radius 2 is 2.00 bits per heavy atom. The van der Waals surface area contributed by atoms with Gasteiger partial charge in [0.15, 0.2) is 0 Å². The number of likely N-dealkylation sites (tertiary alicyclic amines) is 1. The zero-order valence-electron chi connectivity index (χ0n) is 10.5. The molecule has 0 radical (unpaired) electrons. The Kier molecular flexibility index (Phi) is 3.66. The summed E-state index contributed by atoms with van der Waals surface area (Å²) in [6, 6.07) is 0. The molecule has 0 aromatic heterocycles. The number of ether oxygens (including phenoxy) is 1. The molecule has 0 spiro atoms. The second-order valence-electron chi connectivity index (χ2n) is 5.54. The molecule has 1 heterocycles. The fraction of sp³-hybridized carbons (Fsp3) is 0.909. The van der Waals surface area contributed by atoms with Gasteiger partial charge in [-0.25, -0.2) is 13.6 Å². The molecule has 17 heavy (non-hydrogen) atoms. The minimum absolute atomic E-state index is 0.0751. The molecule has 1 aliphatic rings. The Labute approximate surface area is 99.5 Å². The number of rotatable bonds is 0. The molecule has 1 N–H and O–H groups in total. The van der Waals surface area contributed by atoms with Crippen molar-refractivity contribution in [3.63, 3.8) is 0 Å². The Morgan fingerprint density at radius 1 is 1.47 bits per heavy atom. The molecule has 100 valence electrons. The lowest BCUT2D eigenvalue weighted by atomic mass is 9.94. The number of nitrogens with zero attached hydrogens (tertiary/aromatic N) is 1. The van der Waals surface area contributed by atoms with E-state index in [1.165, 1.54) is 6.92 Å². The van der Waals surface area contributed by atoms with Crippen LogP contribution in [0.1, 0.15) is 27.7 Å². The number of carbonyl (C=O) groups is 1. The van der Waals surface area contributed by atoms with Crippen LogP contribution in [-0.4, -0.2) is 46.8 Å². The summed E-state index contributed by atoms with van der Waals surface area (Å²) in [5.74, 6) is -3.96. The second-order valence-corrected chi connectivity index (χ2v) is 5.54. The summed E-state index contributed by atoms with van der Waals surface area (Å²) < 4.78 is 31.8. The Bertz CT molecular complexity index is 302. The van der Waals surface area contributed by atoms with Crippen LogP contribution in [0.4, 0.5) is 13.6 Å². The first kappa shape index (κ1) is 14.2. The van der Waals surface area contributed by atoms with E-state index in [-0.39, 0.29) is 6.54 Å². The maximum absolute atomic E-state index is 13.4. The largest absolute Gasteiger partial charge is 0.444 e. The standard InChI is InChI=1S/C11H19F2NO3/c1-7-5-14(6-11(12,13)8(7)15)9(16)17-10(2,3)4/h7-8,15H,5-6H2,1-4H3/t7-,8+/m0/s1. The number of piperidine rings is 1. The van der Waals surface area contributed by atoms with Crippen LogP contribution in [0.25, 0.3) is 0 Å². The molecule has 2 atom stereocenters. The summed E-state index contributed by atoms with van der Waals surface area (Å²) in [6.07, 6.45) is -2.47. The number of hydrogen-bond donors (Lipinski definition) is 1. The van der Waals surface area contributed by atoms with Crippen LogP contribution >= 0.6 is 0 Å². The first-order chi connectivity index (χ1) is 7.53. The zero-order chi connectivity index (χ0) is 13.4. The number of halogens is 2. The van der Waals surface area contributed by atoms with Gasteiger partial charge in [0.05, 0.1) is 6.54 Å². The molecule has 0 saturated carbocycles. The first-order valence-corrected chi connectivity index (χ1v) is 5.57. The van der Waals surface area contributed by atoms with Gasteiger partial charge in [-0.3, -0.25) is 0 Å². The van der Waals surface area contributed by atoms with Crippen LogP contribution in [0.15, 0.2) is 0 Å². The highest BCUT2D eigenvalue weighted by molar-refractivity contribution is 5.68. The topological polar surface area (TPSA) is 49.8 Å². The molecule has 0 aromatic carbocycles. The van der Waals surface area contributed by atoms with Gasteiger partial charge in [0.25, 0.3) is 5.92 Å². The summed E-state index contributed by atoms with van der Waals surface area (Å²) in [7, 11) is 0. The van der Waals surface area contributed by atoms with Crippen molar-refractivity contribution in [2.75, 3.05) is 13.1 Å². The maximum atomic E-state index is 13.4. The molecule has 1 aliphatic heterocycles. The molecule has 0 aromatic rings. The molecule has 1 fully saturated rings. The number of aliphatic hydroxyl groups is 1. The number of alkyl halides is 2. The Hall–Kier alpha value is -0.910. The van der Waals surface area contributed by atoms with E-state index < -0.39 is 36.2 Å². The Morgan fingerprint density at radius 3 is 2.41 bits per heavy atom. The smallest absolute Gasteiger partial charge is 0.410 e. The van der Waals surface area contributed by atoms with Gasteiger partial charge in [-0.1, -0.05) is 6.92 Å². The van der Waals surface area contributed by atoms with E-state index in [2.05, 4.69) is 0 Å². The average molecular weight is 251 g/mol. The van der Waals surface area contributed by atoms with E-state index in [0.717, 1.165) is 4.90 Å². The molecule has 6 heteroatoms. The summed E-state index contributed by atoms with van der Waals surface area (Å²) >= 11 is 0. The third kappa shape index (κ3) is 3.52. The predicted molar refractivity (Wildman–Crippen MR) is 57.9 cm³/mol. The van der Waals surface area contributed by atoms with Crippen LogP contribution in [0, 0.1) is 5.92 Å². The summed E-state index contributed by atoms with van der Waals surface area (Å²) in [6.45, 7) is 5.77. The molecule has 4 nitrogen and oxygen atoms in total. The highest BCUT2D eigenvalue weighted by Crippen LogP contribution is 2.31. The lowest BCUT2D eigenvalue weighted by molar-refractivity contribution is -0.167. The lowest BCUT2D eigenvalue weighted by Gasteiger charge is -2.40. The predicted octanol–water partition coefficient (Wildman–Crippen LogP) is 1.87. The average Bonchev–Trinajstić information content (AvgIpc) is 2.10. The minimum Gasteiger partial charge on any atom is -0.444 e. The van der Waals surface area contributed by atoms with E-state index >= 15 is 0 Å². The maximum Gasteiger partial charge on any atom is 0.410 e. The van der Waals surface area contributed by atoms with Crippen LogP contribution < -0.4 is 0 Å². The number of carbonyl (C=O) groups excluding carboxylic acids is 1. The van der Waals surface area contributed by atoms with Crippen molar-refractivity contribution < 1.29 is 23.4 Å². The highest BCUT2D eigenvalue weighted by Gasteiger charge is 2.49. The highest BCUT2D eigenvalue weighted by atomic mass is 19.3. The third-order valence-electron chi connectivity index (χ3n) is 2.53. The van der Waals surface area contributed by atoms with Crippen molar-refractivity contribution in [2.45, 2.75) is 45.3 Å². The van der Waals surface area contributed by atoms with Gasteiger partial charge < -0.3 is 14.7 Å². The van der Waals surface area contributed by atoms with Crippen molar-refractivity contribution >= 4 is 6.09 Å². The summed E-state index contributed by atoms with van der Waals surface area (Å²) in [4.78, 5) is 12.6. The van der Waals surface area contributed by atoms with Crippen molar-refractivity contribution in [2.24, 2.45) is 5.92 Å². The van der Waals surface area contributed by atoms with Crippen LogP contribution in [-0.2, 0) is 4.74 Å². The van der Waals surface area contributed by atoms with E-state index in [1.807, 2.05) is 0 Å². The number of hydrogen-bond acceptors (Lipinski definition) is 3. The van der Waals surface area contributed by atoms with Crippen molar-refractivity contribution in [3.05, 3.63) is 0 Å². The van der Waals surface area contributed by atoms with Crippen LogP contribution in [0.5, 0.6) is 0 Å². The van der Waals surface area contributed by atoms with Gasteiger partial charge in [0.2, 0.25) is 0 Å². The summed E-state index contributed by atoms with van der Waals surface area (Å²) in [5.41, 5.74) is -0.717. The lowest BCUT2D eigenvalue weighted by Crippen LogP contribution is -2.58. The molecule has 0 aliphatic carbocycles. The van der Waals surface area contributed by atoms with E-state index in [4.69, 9.17) is 4.74 Å². The van der Waals surface area contributed by atoms with Gasteiger partial charge in [0, 0.05) is 12.5 Å². The SMILES string of the molecule is C[C@H]1CN(C(=O)OC(C)(C)C)CC(F)(F)[C@@H]1O. The fourth-order valence-corrected chi connectivity index (χ4v) is 1.74. The van der Waals surface area contributed by atoms with Gasteiger partial charge in [-0.05, 0) is 20.8 Å². The first-order valence-electron chi connectivity index (χ1n) is 5.57. The van der Waals surface area contributed by atoms with E-state index in [9.17, 15) is 18.7 Å². The molecule has 1 saturated heterocycles. The van der Waals surface area contributed by atoms with Crippen LogP contribution in [0.2, 0.25) is 0 Å². The summed E-state index contributed by atoms with van der Waals surface area (Å²) in [5, 5.41) is 9.31. The van der Waals surface area contributed by atoms with Crippen molar-refractivity contribution in [1.29, 1.82) is 0 Å². The molecular formula is C11H19F2NO3. The van der Waals surface area contributed by atoms with Gasteiger partial charge in [-0.2, -0.15) is 0 Å². The Balaban J connectivity index is 2.71. The normalized spacial score (nSPS) is 29.0. The van der Waals surface area contributed by atoms with Gasteiger partial charge >= 0.3 is 6.09 Å².